The van der Waals surface area contributed by atoms with Crippen LogP contribution in [0.3, 0.4) is 0 Å². The second-order valence-corrected chi connectivity index (χ2v) is 9.36. The molecule has 4 rings (SSSR count). The number of nitrogens with zero attached hydrogens (tertiary/aromatic N) is 4. The lowest BCUT2D eigenvalue weighted by molar-refractivity contribution is -0.125. The quantitative estimate of drug-likeness (QED) is 0.768. The van der Waals surface area contributed by atoms with Crippen molar-refractivity contribution >= 4 is 23.4 Å². The number of amides is 1. The average Bonchev–Trinajstić information content (AvgIpc) is 3.29. The summed E-state index contributed by atoms with van der Waals surface area (Å²) in [6, 6.07) is 8.44. The number of methoxy groups -OCH3 is 1. The van der Waals surface area contributed by atoms with Crippen LogP contribution in [-0.4, -0.2) is 42.6 Å². The first-order chi connectivity index (χ1) is 14.8. The van der Waals surface area contributed by atoms with Crippen molar-refractivity contribution in [3.8, 4) is 5.75 Å². The first kappa shape index (κ1) is 21.4. The zero-order valence-corrected chi connectivity index (χ0v) is 19.2. The van der Waals surface area contributed by atoms with E-state index in [4.69, 9.17) is 9.72 Å². The number of nitrogens with one attached hydrogen (secondary N) is 1. The SMILES string of the molecule is COc1ccc(C(C)Nc2ncc3c(n2)N(C2CCCC2)CC(C)(C)C(=O)N3C)cc1. The number of carbonyl (C=O) groups excluding carboxylic acids is 1. The van der Waals surface area contributed by atoms with Gasteiger partial charge in [-0.05, 0) is 51.3 Å². The van der Waals surface area contributed by atoms with Gasteiger partial charge < -0.3 is 19.9 Å². The van der Waals surface area contributed by atoms with Crippen LogP contribution in [0.25, 0.3) is 0 Å². The van der Waals surface area contributed by atoms with Crippen LogP contribution < -0.4 is 19.9 Å². The molecule has 2 aliphatic rings. The van der Waals surface area contributed by atoms with E-state index in [2.05, 4.69) is 22.1 Å². The Bertz CT molecular complexity index is 937. The van der Waals surface area contributed by atoms with E-state index in [0.29, 0.717) is 18.5 Å². The first-order valence-corrected chi connectivity index (χ1v) is 11.1. The third kappa shape index (κ3) is 4.18. The Labute approximate surface area is 184 Å². The number of hydrogen-bond acceptors (Lipinski definition) is 6. The van der Waals surface area contributed by atoms with Gasteiger partial charge in [0, 0.05) is 19.6 Å². The van der Waals surface area contributed by atoms with Crippen LogP contribution in [-0.2, 0) is 4.79 Å². The van der Waals surface area contributed by atoms with Crippen LogP contribution in [0.5, 0.6) is 5.75 Å². The van der Waals surface area contributed by atoms with Gasteiger partial charge in [0.2, 0.25) is 11.9 Å². The molecule has 1 saturated carbocycles. The van der Waals surface area contributed by atoms with Crippen molar-refractivity contribution in [3.63, 3.8) is 0 Å². The number of rotatable bonds is 5. The molecule has 7 nitrogen and oxygen atoms in total. The second-order valence-electron chi connectivity index (χ2n) is 9.36. The minimum Gasteiger partial charge on any atom is -0.497 e. The number of carbonyl (C=O) groups is 1. The molecule has 0 radical (unpaired) electrons. The molecular weight excluding hydrogens is 390 g/mol. The molecule has 166 valence electrons. The number of benzene rings is 1. The molecule has 0 saturated heterocycles. The number of anilines is 3. The van der Waals surface area contributed by atoms with Crippen LogP contribution in [0.2, 0.25) is 0 Å². The van der Waals surface area contributed by atoms with E-state index in [9.17, 15) is 4.79 Å². The fourth-order valence-electron chi connectivity index (χ4n) is 4.70. The van der Waals surface area contributed by atoms with E-state index in [1.54, 1.807) is 18.2 Å². The van der Waals surface area contributed by atoms with E-state index in [1.807, 2.05) is 45.2 Å². The number of fused-ring (bicyclic) bond motifs is 1. The maximum atomic E-state index is 13.1. The van der Waals surface area contributed by atoms with Gasteiger partial charge in [0.25, 0.3) is 0 Å². The van der Waals surface area contributed by atoms with Crippen molar-refractivity contribution < 1.29 is 9.53 Å². The van der Waals surface area contributed by atoms with E-state index in [0.717, 1.165) is 35.7 Å². The molecule has 1 aromatic heterocycles. The molecule has 1 aromatic carbocycles. The van der Waals surface area contributed by atoms with Gasteiger partial charge in [-0.25, -0.2) is 4.98 Å². The maximum absolute atomic E-state index is 13.1. The van der Waals surface area contributed by atoms with E-state index in [-0.39, 0.29) is 11.9 Å². The van der Waals surface area contributed by atoms with Crippen LogP contribution in [0.15, 0.2) is 30.5 Å². The van der Waals surface area contributed by atoms with Crippen LogP contribution in [0.4, 0.5) is 17.5 Å². The van der Waals surface area contributed by atoms with Crippen LogP contribution in [0, 0.1) is 5.41 Å². The third-order valence-electron chi connectivity index (χ3n) is 6.56. The third-order valence-corrected chi connectivity index (χ3v) is 6.56. The highest BCUT2D eigenvalue weighted by molar-refractivity contribution is 6.00. The molecule has 1 aliphatic heterocycles. The topological polar surface area (TPSA) is 70.6 Å². The minimum absolute atomic E-state index is 0.0328. The van der Waals surface area contributed by atoms with Gasteiger partial charge in [0.1, 0.15) is 11.4 Å². The maximum Gasteiger partial charge on any atom is 0.234 e. The highest BCUT2D eigenvalue weighted by Gasteiger charge is 2.41. The molecule has 1 amide bonds. The summed E-state index contributed by atoms with van der Waals surface area (Å²) < 4.78 is 5.25. The predicted molar refractivity (Wildman–Crippen MR) is 124 cm³/mol. The summed E-state index contributed by atoms with van der Waals surface area (Å²) in [4.78, 5) is 26.7. The molecule has 1 aliphatic carbocycles. The largest absolute Gasteiger partial charge is 0.497 e. The molecular formula is C24H33N5O2. The molecule has 2 heterocycles. The number of aromatic nitrogens is 2. The van der Waals surface area contributed by atoms with Crippen molar-refractivity contribution in [2.24, 2.45) is 5.41 Å². The Morgan fingerprint density at radius 1 is 1.19 bits per heavy atom. The van der Waals surface area contributed by atoms with Crippen molar-refractivity contribution in [1.29, 1.82) is 0 Å². The van der Waals surface area contributed by atoms with Gasteiger partial charge in [-0.1, -0.05) is 25.0 Å². The molecule has 2 aromatic rings. The van der Waals surface area contributed by atoms with Crippen molar-refractivity contribution in [2.45, 2.75) is 58.5 Å². The van der Waals surface area contributed by atoms with Gasteiger partial charge in [0.05, 0.1) is 24.8 Å². The van der Waals surface area contributed by atoms with E-state index < -0.39 is 5.41 Å². The number of hydrogen-bond donors (Lipinski definition) is 1. The molecule has 0 bridgehead atoms. The summed E-state index contributed by atoms with van der Waals surface area (Å²) in [6.45, 7) is 6.80. The van der Waals surface area contributed by atoms with Gasteiger partial charge in [-0.2, -0.15) is 4.98 Å². The van der Waals surface area contributed by atoms with E-state index in [1.165, 1.54) is 12.8 Å². The monoisotopic (exact) mass is 423 g/mol. The first-order valence-electron chi connectivity index (χ1n) is 11.1. The highest BCUT2D eigenvalue weighted by atomic mass is 16.5. The Balaban J connectivity index is 1.66. The minimum atomic E-state index is -0.484. The predicted octanol–water partition coefficient (Wildman–Crippen LogP) is 4.41. The molecule has 1 fully saturated rings. The normalized spacial score (nSPS) is 19.7. The zero-order chi connectivity index (χ0) is 22.2. The molecule has 7 heteroatoms. The second kappa shape index (κ2) is 8.36. The number of ether oxygens (including phenoxy) is 1. The fourth-order valence-corrected chi connectivity index (χ4v) is 4.70. The highest BCUT2D eigenvalue weighted by Crippen LogP contribution is 2.40. The molecule has 1 unspecified atom stereocenters. The zero-order valence-electron chi connectivity index (χ0n) is 19.2. The summed E-state index contributed by atoms with van der Waals surface area (Å²) in [7, 11) is 3.50. The van der Waals surface area contributed by atoms with Gasteiger partial charge in [-0.3, -0.25) is 4.79 Å². The Kier molecular flexibility index (Phi) is 5.77. The Morgan fingerprint density at radius 3 is 2.52 bits per heavy atom. The van der Waals surface area contributed by atoms with Crippen LogP contribution in [0.1, 0.15) is 58.1 Å². The molecule has 1 atom stereocenters. The summed E-state index contributed by atoms with van der Waals surface area (Å²) in [5.41, 5.74) is 1.42. The van der Waals surface area contributed by atoms with Crippen molar-refractivity contribution in [3.05, 3.63) is 36.0 Å². The smallest absolute Gasteiger partial charge is 0.234 e. The fraction of sp³-hybridized carbons (Fsp3) is 0.542. The van der Waals surface area contributed by atoms with Crippen LogP contribution >= 0.6 is 0 Å². The molecule has 1 N–H and O–H groups in total. The van der Waals surface area contributed by atoms with Gasteiger partial charge >= 0.3 is 0 Å². The Morgan fingerprint density at radius 2 is 1.87 bits per heavy atom. The summed E-state index contributed by atoms with van der Waals surface area (Å²) in [6.07, 6.45) is 6.52. The lowest BCUT2D eigenvalue weighted by Crippen LogP contribution is -2.45. The molecule has 0 spiro atoms. The van der Waals surface area contributed by atoms with Gasteiger partial charge in [-0.15, -0.1) is 0 Å². The summed E-state index contributed by atoms with van der Waals surface area (Å²) >= 11 is 0. The molecule has 31 heavy (non-hydrogen) atoms. The summed E-state index contributed by atoms with van der Waals surface area (Å²) in [5, 5.41) is 3.43. The van der Waals surface area contributed by atoms with Crippen molar-refractivity contribution in [2.75, 3.05) is 35.8 Å². The van der Waals surface area contributed by atoms with Crippen molar-refractivity contribution in [1.82, 2.24) is 9.97 Å². The van der Waals surface area contributed by atoms with Gasteiger partial charge in [0.15, 0.2) is 5.82 Å². The standard InChI is InChI=1S/C24H33N5O2/c1-16(17-10-12-19(31-5)13-11-17)26-23-25-14-20-21(27-23)29(18-8-6-7-9-18)15-24(2,3)22(30)28(20)4/h10-14,16,18H,6-9,15H2,1-5H3,(H,25,26,27). The average molecular weight is 424 g/mol. The Hall–Kier alpha value is -2.83. The van der Waals surface area contributed by atoms with E-state index >= 15 is 0 Å². The summed E-state index contributed by atoms with van der Waals surface area (Å²) in [5.74, 6) is 2.36. The lowest BCUT2D eigenvalue weighted by atomic mass is 9.91. The lowest BCUT2D eigenvalue weighted by Gasteiger charge is -2.34.